The van der Waals surface area contributed by atoms with Gasteiger partial charge in [-0.15, -0.1) is 11.3 Å². The van der Waals surface area contributed by atoms with Crippen LogP contribution >= 0.6 is 11.3 Å². The van der Waals surface area contributed by atoms with Gasteiger partial charge in [-0.1, -0.05) is 36.4 Å². The van der Waals surface area contributed by atoms with Gasteiger partial charge in [-0.25, -0.2) is 4.98 Å². The molecule has 0 aliphatic carbocycles. The van der Waals surface area contributed by atoms with E-state index in [9.17, 15) is 4.79 Å². The molecule has 1 aromatic carbocycles. The maximum absolute atomic E-state index is 13.0. The van der Waals surface area contributed by atoms with Crippen molar-refractivity contribution >= 4 is 17.2 Å². The molecular weight excluding hydrogens is 330 g/mol. The lowest BCUT2D eigenvalue weighted by atomic mass is 10.0. The largest absolute Gasteiger partial charge is 0.328 e. The van der Waals surface area contributed by atoms with Crippen LogP contribution in [0.4, 0.5) is 0 Å². The molecular formula is C20H21N3OS. The van der Waals surface area contributed by atoms with Crippen molar-refractivity contribution in [3.63, 3.8) is 0 Å². The quantitative estimate of drug-likeness (QED) is 0.641. The third kappa shape index (κ3) is 4.73. The number of carbonyl (C=O) groups is 1. The predicted molar refractivity (Wildman–Crippen MR) is 100 cm³/mol. The van der Waals surface area contributed by atoms with E-state index in [2.05, 4.69) is 29.0 Å². The van der Waals surface area contributed by atoms with Crippen molar-refractivity contribution in [2.24, 2.45) is 0 Å². The first kappa shape index (κ1) is 17.3. The fraction of sp³-hybridized carbons (Fsp3) is 0.250. The van der Waals surface area contributed by atoms with Crippen molar-refractivity contribution in [2.75, 3.05) is 0 Å². The second-order valence-electron chi connectivity index (χ2n) is 5.95. The molecule has 0 fully saturated rings. The summed E-state index contributed by atoms with van der Waals surface area (Å²) in [5, 5.41) is 2.88. The molecule has 0 radical (unpaired) electrons. The average Bonchev–Trinajstić information content (AvgIpc) is 3.18. The topological polar surface area (TPSA) is 46.1 Å². The molecule has 1 atom stereocenters. The molecule has 0 saturated heterocycles. The summed E-state index contributed by atoms with van der Waals surface area (Å²) >= 11 is 1.57. The van der Waals surface area contributed by atoms with Crippen LogP contribution in [0.15, 0.2) is 66.3 Å². The lowest BCUT2D eigenvalue weighted by molar-refractivity contribution is 0.0661. The molecule has 0 aliphatic heterocycles. The number of rotatable bonds is 7. The molecule has 4 nitrogen and oxygen atoms in total. The van der Waals surface area contributed by atoms with E-state index in [0.29, 0.717) is 12.2 Å². The number of pyridine rings is 1. The van der Waals surface area contributed by atoms with Gasteiger partial charge in [0, 0.05) is 23.8 Å². The normalized spacial score (nSPS) is 11.9. The smallest absolute Gasteiger partial charge is 0.273 e. The van der Waals surface area contributed by atoms with Gasteiger partial charge in [-0.2, -0.15) is 0 Å². The summed E-state index contributed by atoms with van der Waals surface area (Å²) in [5.74, 6) is -0.0450. The van der Waals surface area contributed by atoms with E-state index in [0.717, 1.165) is 17.8 Å². The monoisotopic (exact) mass is 351 g/mol. The van der Waals surface area contributed by atoms with Crippen LogP contribution in [0, 0.1) is 0 Å². The van der Waals surface area contributed by atoms with E-state index in [-0.39, 0.29) is 11.9 Å². The fourth-order valence-corrected chi connectivity index (χ4v) is 3.33. The van der Waals surface area contributed by atoms with Crippen molar-refractivity contribution in [1.29, 1.82) is 0 Å². The third-order valence-corrected chi connectivity index (χ3v) is 4.92. The second-order valence-corrected chi connectivity index (χ2v) is 6.93. The zero-order valence-electron chi connectivity index (χ0n) is 14.2. The Labute approximate surface area is 152 Å². The Hall–Kier alpha value is -2.53. The number of hydrogen-bond acceptors (Lipinski definition) is 4. The van der Waals surface area contributed by atoms with Gasteiger partial charge in [-0.05, 0) is 37.5 Å². The van der Waals surface area contributed by atoms with Gasteiger partial charge < -0.3 is 4.90 Å². The molecule has 3 aromatic rings. The van der Waals surface area contributed by atoms with Crippen LogP contribution in [0.5, 0.6) is 0 Å². The SMILES string of the molecule is C[C@H](CCc1ccccc1)N(Cc1nccs1)C(=O)c1ccccn1. The number of nitrogens with zero attached hydrogens (tertiary/aromatic N) is 3. The van der Waals surface area contributed by atoms with E-state index >= 15 is 0 Å². The summed E-state index contributed by atoms with van der Waals surface area (Å²) in [6.07, 6.45) is 5.27. The van der Waals surface area contributed by atoms with Crippen LogP contribution in [0.2, 0.25) is 0 Å². The maximum atomic E-state index is 13.0. The first-order chi connectivity index (χ1) is 12.2. The van der Waals surface area contributed by atoms with Gasteiger partial charge in [0.05, 0.1) is 6.54 Å². The highest BCUT2D eigenvalue weighted by Gasteiger charge is 2.23. The Bertz CT molecular complexity index is 775. The minimum atomic E-state index is -0.0450. The van der Waals surface area contributed by atoms with E-state index < -0.39 is 0 Å². The minimum absolute atomic E-state index is 0.0450. The molecule has 0 bridgehead atoms. The molecule has 1 amide bonds. The van der Waals surface area contributed by atoms with Gasteiger partial charge in [0.15, 0.2) is 0 Å². The first-order valence-electron chi connectivity index (χ1n) is 8.38. The number of thiazole rings is 1. The van der Waals surface area contributed by atoms with Crippen LogP contribution in [-0.4, -0.2) is 26.8 Å². The lowest BCUT2D eigenvalue weighted by Gasteiger charge is -2.28. The van der Waals surface area contributed by atoms with Gasteiger partial charge in [0.2, 0.25) is 0 Å². The molecule has 0 unspecified atom stereocenters. The Kier molecular flexibility index (Phi) is 5.90. The van der Waals surface area contributed by atoms with E-state index in [1.165, 1.54) is 5.56 Å². The van der Waals surface area contributed by atoms with Crippen LogP contribution < -0.4 is 0 Å². The first-order valence-corrected chi connectivity index (χ1v) is 9.26. The molecule has 0 N–H and O–H groups in total. The zero-order chi connectivity index (χ0) is 17.5. The third-order valence-electron chi connectivity index (χ3n) is 4.16. The van der Waals surface area contributed by atoms with Crippen molar-refractivity contribution in [1.82, 2.24) is 14.9 Å². The van der Waals surface area contributed by atoms with Crippen molar-refractivity contribution in [3.8, 4) is 0 Å². The average molecular weight is 351 g/mol. The summed E-state index contributed by atoms with van der Waals surface area (Å²) in [4.78, 5) is 23.4. The molecule has 2 heterocycles. The Balaban J connectivity index is 1.74. The molecule has 128 valence electrons. The Morgan fingerprint density at radius 2 is 1.88 bits per heavy atom. The zero-order valence-corrected chi connectivity index (χ0v) is 15.0. The van der Waals surface area contributed by atoms with Gasteiger partial charge in [-0.3, -0.25) is 9.78 Å². The van der Waals surface area contributed by atoms with Gasteiger partial charge in [0.1, 0.15) is 10.7 Å². The standard InChI is InChI=1S/C20H21N3OS/c1-16(10-11-17-7-3-2-4-8-17)23(15-19-22-13-14-25-19)20(24)18-9-5-6-12-21-18/h2-9,12-14,16H,10-11,15H2,1H3/t16-/m1/s1. The van der Waals surface area contributed by atoms with Crippen molar-refractivity contribution < 1.29 is 4.79 Å². The number of amides is 1. The number of aryl methyl sites for hydroxylation is 1. The molecule has 25 heavy (non-hydrogen) atoms. The van der Waals surface area contributed by atoms with Crippen LogP contribution in [-0.2, 0) is 13.0 Å². The lowest BCUT2D eigenvalue weighted by Crippen LogP contribution is -2.38. The van der Waals surface area contributed by atoms with E-state index in [4.69, 9.17) is 0 Å². The minimum Gasteiger partial charge on any atom is -0.328 e. The van der Waals surface area contributed by atoms with Crippen LogP contribution in [0.25, 0.3) is 0 Å². The second kappa shape index (κ2) is 8.53. The molecule has 5 heteroatoms. The predicted octanol–water partition coefficient (Wildman–Crippen LogP) is 4.20. The molecule has 0 aliphatic rings. The highest BCUT2D eigenvalue weighted by Crippen LogP contribution is 2.17. The summed E-state index contributed by atoms with van der Waals surface area (Å²) in [6.45, 7) is 2.61. The number of hydrogen-bond donors (Lipinski definition) is 0. The molecule has 2 aromatic heterocycles. The van der Waals surface area contributed by atoms with Crippen molar-refractivity contribution in [2.45, 2.75) is 32.4 Å². The van der Waals surface area contributed by atoms with Crippen LogP contribution in [0.1, 0.15) is 34.4 Å². The summed E-state index contributed by atoms with van der Waals surface area (Å²) < 4.78 is 0. The molecule has 3 rings (SSSR count). The van der Waals surface area contributed by atoms with Gasteiger partial charge >= 0.3 is 0 Å². The number of carbonyl (C=O) groups excluding carboxylic acids is 1. The van der Waals surface area contributed by atoms with E-state index in [1.807, 2.05) is 40.6 Å². The Morgan fingerprint density at radius 1 is 1.08 bits per heavy atom. The molecule has 0 spiro atoms. The summed E-state index contributed by atoms with van der Waals surface area (Å²) in [6, 6.07) is 15.9. The molecule has 0 saturated carbocycles. The van der Waals surface area contributed by atoms with Crippen molar-refractivity contribution in [3.05, 3.63) is 82.6 Å². The fourth-order valence-electron chi connectivity index (χ4n) is 2.72. The highest BCUT2D eigenvalue weighted by atomic mass is 32.1. The Morgan fingerprint density at radius 3 is 2.56 bits per heavy atom. The van der Waals surface area contributed by atoms with E-state index in [1.54, 1.807) is 29.8 Å². The summed E-state index contributed by atoms with van der Waals surface area (Å²) in [5.41, 5.74) is 1.76. The summed E-state index contributed by atoms with van der Waals surface area (Å²) in [7, 11) is 0. The number of benzene rings is 1. The maximum Gasteiger partial charge on any atom is 0.273 e. The van der Waals surface area contributed by atoms with Gasteiger partial charge in [0.25, 0.3) is 5.91 Å². The van der Waals surface area contributed by atoms with Crippen LogP contribution in [0.3, 0.4) is 0 Å². The number of aromatic nitrogens is 2. The highest BCUT2D eigenvalue weighted by molar-refractivity contribution is 7.09.